The highest BCUT2D eigenvalue weighted by molar-refractivity contribution is 7.88. The predicted octanol–water partition coefficient (Wildman–Crippen LogP) is 1.58. The Morgan fingerprint density at radius 3 is 2.32 bits per heavy atom. The number of piperazine rings is 1. The Balaban J connectivity index is 1.61. The van der Waals surface area contributed by atoms with Crippen molar-refractivity contribution in [3.05, 3.63) is 52.9 Å². The van der Waals surface area contributed by atoms with Crippen molar-refractivity contribution in [3.63, 3.8) is 0 Å². The lowest BCUT2D eigenvalue weighted by Gasteiger charge is -2.33. The van der Waals surface area contributed by atoms with Gasteiger partial charge in [-0.3, -0.25) is 4.79 Å². The van der Waals surface area contributed by atoms with Crippen LogP contribution in [0.1, 0.15) is 27.4 Å². The lowest BCUT2D eigenvalue weighted by atomic mass is 10.2. The van der Waals surface area contributed by atoms with Gasteiger partial charge in [0.25, 0.3) is 5.91 Å². The molecule has 7 nitrogen and oxygen atoms in total. The monoisotopic (exact) mass is 363 g/mol. The van der Waals surface area contributed by atoms with E-state index in [-0.39, 0.29) is 30.4 Å². The second-order valence-corrected chi connectivity index (χ2v) is 8.22. The van der Waals surface area contributed by atoms with Crippen LogP contribution >= 0.6 is 0 Å². The molecule has 2 aromatic rings. The van der Waals surface area contributed by atoms with E-state index in [1.54, 1.807) is 17.9 Å². The number of carbonyl (C=O) groups is 1. The van der Waals surface area contributed by atoms with E-state index in [0.717, 1.165) is 11.1 Å². The van der Waals surface area contributed by atoms with Gasteiger partial charge in [-0.15, -0.1) is 0 Å². The van der Waals surface area contributed by atoms with Crippen molar-refractivity contribution in [1.29, 1.82) is 0 Å². The zero-order valence-electron chi connectivity index (χ0n) is 14.3. The third-order valence-electron chi connectivity index (χ3n) is 4.24. The van der Waals surface area contributed by atoms with Crippen LogP contribution in [-0.2, 0) is 15.8 Å². The van der Waals surface area contributed by atoms with Gasteiger partial charge in [-0.2, -0.15) is 4.31 Å². The van der Waals surface area contributed by atoms with Gasteiger partial charge in [0.2, 0.25) is 10.0 Å². The first kappa shape index (κ1) is 17.6. The number of hydrogen-bond donors (Lipinski definition) is 0. The molecule has 0 unspecified atom stereocenters. The van der Waals surface area contributed by atoms with Gasteiger partial charge in [0, 0.05) is 32.2 Å². The highest BCUT2D eigenvalue weighted by Gasteiger charge is 2.30. The minimum atomic E-state index is -3.40. The van der Waals surface area contributed by atoms with Crippen LogP contribution < -0.4 is 0 Å². The van der Waals surface area contributed by atoms with Crippen LogP contribution in [0.4, 0.5) is 0 Å². The zero-order chi connectivity index (χ0) is 18.0. The average Bonchev–Trinajstić information content (AvgIpc) is 3.03. The van der Waals surface area contributed by atoms with E-state index in [1.165, 1.54) is 4.31 Å². The molecule has 3 rings (SSSR count). The van der Waals surface area contributed by atoms with Crippen molar-refractivity contribution < 1.29 is 17.7 Å². The van der Waals surface area contributed by atoms with Crippen molar-refractivity contribution in [2.24, 2.45) is 0 Å². The molecule has 0 aliphatic carbocycles. The van der Waals surface area contributed by atoms with Gasteiger partial charge in [-0.25, -0.2) is 8.42 Å². The molecule has 25 heavy (non-hydrogen) atoms. The van der Waals surface area contributed by atoms with E-state index in [0.29, 0.717) is 18.8 Å². The third-order valence-corrected chi connectivity index (χ3v) is 6.09. The quantitative estimate of drug-likeness (QED) is 0.823. The fourth-order valence-electron chi connectivity index (χ4n) is 2.78. The number of hydrogen-bond acceptors (Lipinski definition) is 5. The lowest BCUT2D eigenvalue weighted by molar-refractivity contribution is 0.0687. The summed E-state index contributed by atoms with van der Waals surface area (Å²) in [6, 6.07) is 9.06. The summed E-state index contributed by atoms with van der Waals surface area (Å²) in [6.45, 7) is 4.95. The topological polar surface area (TPSA) is 83.7 Å². The number of carbonyl (C=O) groups excluding carboxylic acids is 1. The number of aryl methyl sites for hydroxylation is 2. The van der Waals surface area contributed by atoms with Gasteiger partial charge in [0.05, 0.1) is 5.75 Å². The molecule has 1 aromatic carbocycles. The molecule has 0 N–H and O–H groups in total. The zero-order valence-corrected chi connectivity index (χ0v) is 15.1. The fourth-order valence-corrected chi connectivity index (χ4v) is 4.30. The number of nitrogens with zero attached hydrogens (tertiary/aromatic N) is 3. The Bertz CT molecular complexity index is 850. The van der Waals surface area contributed by atoms with Crippen molar-refractivity contribution in [2.45, 2.75) is 19.6 Å². The Hall–Kier alpha value is -2.19. The normalized spacial score (nSPS) is 16.2. The standard InChI is InChI=1S/C17H21N3O4S/c1-13-3-5-15(6-4-13)12-25(22,23)20-9-7-19(8-10-20)17(21)16-11-14(2)24-18-16/h3-6,11H,7-10,12H2,1-2H3. The fraction of sp³-hybridized carbons (Fsp3) is 0.412. The minimum Gasteiger partial charge on any atom is -0.361 e. The summed E-state index contributed by atoms with van der Waals surface area (Å²) in [5.41, 5.74) is 2.12. The molecule has 134 valence electrons. The molecule has 1 saturated heterocycles. The molecule has 0 atom stereocenters. The van der Waals surface area contributed by atoms with Crippen LogP contribution in [0.2, 0.25) is 0 Å². The van der Waals surface area contributed by atoms with Crippen molar-refractivity contribution >= 4 is 15.9 Å². The van der Waals surface area contributed by atoms with Crippen molar-refractivity contribution in [2.75, 3.05) is 26.2 Å². The highest BCUT2D eigenvalue weighted by Crippen LogP contribution is 2.16. The first-order valence-corrected chi connectivity index (χ1v) is 9.72. The van der Waals surface area contributed by atoms with Crippen LogP contribution in [0, 0.1) is 13.8 Å². The molecule has 1 aliphatic rings. The summed E-state index contributed by atoms with van der Waals surface area (Å²) < 4.78 is 31.5. The van der Waals surface area contributed by atoms with Gasteiger partial charge >= 0.3 is 0 Å². The molecule has 2 heterocycles. The van der Waals surface area contributed by atoms with Crippen molar-refractivity contribution in [3.8, 4) is 0 Å². The molecular formula is C17H21N3O4S. The molecule has 8 heteroatoms. The predicted molar refractivity (Wildman–Crippen MR) is 92.5 cm³/mol. The number of rotatable bonds is 4. The molecule has 0 spiro atoms. The van der Waals surface area contributed by atoms with Crippen LogP contribution in [0.15, 0.2) is 34.9 Å². The average molecular weight is 363 g/mol. The second kappa shape index (κ2) is 6.97. The summed E-state index contributed by atoms with van der Waals surface area (Å²) in [5.74, 6) is 0.319. The van der Waals surface area contributed by atoms with E-state index < -0.39 is 10.0 Å². The van der Waals surface area contributed by atoms with Gasteiger partial charge in [-0.05, 0) is 19.4 Å². The second-order valence-electron chi connectivity index (χ2n) is 6.26. The SMILES string of the molecule is Cc1ccc(CS(=O)(=O)N2CCN(C(=O)c3cc(C)on3)CC2)cc1. The van der Waals surface area contributed by atoms with Crippen LogP contribution in [0.5, 0.6) is 0 Å². The molecule has 0 bridgehead atoms. The Labute approximate surface area is 147 Å². The van der Waals surface area contributed by atoms with E-state index in [1.807, 2.05) is 31.2 Å². The maximum atomic E-state index is 12.6. The van der Waals surface area contributed by atoms with Gasteiger partial charge < -0.3 is 9.42 Å². The van der Waals surface area contributed by atoms with Gasteiger partial charge in [0.15, 0.2) is 5.69 Å². The van der Waals surface area contributed by atoms with E-state index >= 15 is 0 Å². The minimum absolute atomic E-state index is 0.0241. The van der Waals surface area contributed by atoms with Gasteiger partial charge in [0.1, 0.15) is 5.76 Å². The van der Waals surface area contributed by atoms with Crippen LogP contribution in [0.3, 0.4) is 0 Å². The Morgan fingerprint density at radius 1 is 1.12 bits per heavy atom. The number of amides is 1. The number of benzene rings is 1. The maximum Gasteiger partial charge on any atom is 0.276 e. The summed E-state index contributed by atoms with van der Waals surface area (Å²) in [7, 11) is -3.40. The summed E-state index contributed by atoms with van der Waals surface area (Å²) >= 11 is 0. The van der Waals surface area contributed by atoms with Crippen LogP contribution in [0.25, 0.3) is 0 Å². The largest absolute Gasteiger partial charge is 0.361 e. The maximum absolute atomic E-state index is 12.6. The molecule has 1 aliphatic heterocycles. The molecular weight excluding hydrogens is 342 g/mol. The summed E-state index contributed by atoms with van der Waals surface area (Å²) in [5, 5.41) is 3.72. The number of aromatic nitrogens is 1. The lowest BCUT2D eigenvalue weighted by Crippen LogP contribution is -2.50. The highest BCUT2D eigenvalue weighted by atomic mass is 32.2. The molecule has 0 saturated carbocycles. The van der Waals surface area contributed by atoms with Crippen LogP contribution in [-0.4, -0.2) is 54.9 Å². The first-order chi connectivity index (χ1) is 11.8. The molecule has 1 fully saturated rings. The summed E-state index contributed by atoms with van der Waals surface area (Å²) in [4.78, 5) is 13.9. The van der Waals surface area contributed by atoms with E-state index in [9.17, 15) is 13.2 Å². The molecule has 1 amide bonds. The molecule has 1 aromatic heterocycles. The number of sulfonamides is 1. The van der Waals surface area contributed by atoms with E-state index in [2.05, 4.69) is 5.16 Å². The van der Waals surface area contributed by atoms with E-state index in [4.69, 9.17) is 4.52 Å². The smallest absolute Gasteiger partial charge is 0.276 e. The third kappa shape index (κ3) is 4.08. The first-order valence-electron chi connectivity index (χ1n) is 8.11. The van der Waals surface area contributed by atoms with Crippen molar-refractivity contribution in [1.82, 2.24) is 14.4 Å². The summed E-state index contributed by atoms with van der Waals surface area (Å²) in [6.07, 6.45) is 0. The Kier molecular flexibility index (Phi) is 4.91. The van der Waals surface area contributed by atoms with Gasteiger partial charge in [-0.1, -0.05) is 35.0 Å². The Morgan fingerprint density at radius 2 is 1.76 bits per heavy atom. The molecule has 0 radical (unpaired) electrons.